The lowest BCUT2D eigenvalue weighted by atomic mass is 9.90. The van der Waals surface area contributed by atoms with Crippen LogP contribution in [0.25, 0.3) is 0 Å². The first-order chi connectivity index (χ1) is 17.2. The van der Waals surface area contributed by atoms with E-state index in [1.165, 1.54) is 24.1 Å². The van der Waals surface area contributed by atoms with Crippen molar-refractivity contribution in [1.82, 2.24) is 4.90 Å². The largest absolute Gasteiger partial charge is 0.446 e. The van der Waals surface area contributed by atoms with Gasteiger partial charge in [-0.05, 0) is 105 Å². The van der Waals surface area contributed by atoms with Crippen molar-refractivity contribution >= 4 is 23.4 Å². The molecule has 0 saturated carbocycles. The maximum Gasteiger partial charge on any atom is 0.446 e. The summed E-state index contributed by atoms with van der Waals surface area (Å²) in [6.45, 7) is 5.87. The Labute approximate surface area is 217 Å². The molecule has 7 heteroatoms. The third-order valence-electron chi connectivity index (χ3n) is 7.57. The molecule has 2 aliphatic rings. The molecule has 4 rings (SSSR count). The lowest BCUT2D eigenvalue weighted by Gasteiger charge is -2.34. The minimum Gasteiger partial charge on any atom is -0.372 e. The molecule has 1 atom stereocenters. The predicted molar refractivity (Wildman–Crippen MR) is 141 cm³/mol. The Morgan fingerprint density at radius 2 is 1.64 bits per heavy atom. The molecule has 0 unspecified atom stereocenters. The molecule has 36 heavy (non-hydrogen) atoms. The van der Waals surface area contributed by atoms with Gasteiger partial charge in [0.15, 0.2) is 0 Å². The highest BCUT2D eigenvalue weighted by Gasteiger charge is 2.29. The van der Waals surface area contributed by atoms with E-state index in [0.717, 1.165) is 63.8 Å². The van der Waals surface area contributed by atoms with Crippen LogP contribution in [0.2, 0.25) is 0 Å². The normalized spacial score (nSPS) is 19.5. The minimum absolute atomic E-state index is 0.0783. The molecule has 0 bridgehead atoms. The molecule has 0 aliphatic carbocycles. The molecule has 0 aromatic heterocycles. The summed E-state index contributed by atoms with van der Waals surface area (Å²) in [7, 11) is 0. The lowest BCUT2D eigenvalue weighted by Crippen LogP contribution is -2.40. The maximum absolute atomic E-state index is 12.9. The molecule has 1 amide bonds. The van der Waals surface area contributed by atoms with E-state index in [4.69, 9.17) is 0 Å². The van der Waals surface area contributed by atoms with Crippen LogP contribution in [0.5, 0.6) is 0 Å². The molecular weight excluding hydrogens is 481 g/mol. The van der Waals surface area contributed by atoms with Gasteiger partial charge in [-0.25, -0.2) is 0 Å². The van der Waals surface area contributed by atoms with E-state index in [1.807, 2.05) is 4.90 Å². The van der Waals surface area contributed by atoms with Crippen molar-refractivity contribution in [2.24, 2.45) is 11.8 Å². The summed E-state index contributed by atoms with van der Waals surface area (Å²) >= 11 is -0.0783. The zero-order valence-corrected chi connectivity index (χ0v) is 21.9. The Morgan fingerprint density at radius 3 is 2.31 bits per heavy atom. The van der Waals surface area contributed by atoms with Gasteiger partial charge in [0, 0.05) is 43.2 Å². The van der Waals surface area contributed by atoms with Crippen LogP contribution in [0.3, 0.4) is 0 Å². The number of amides is 1. The van der Waals surface area contributed by atoms with Gasteiger partial charge in [-0.3, -0.25) is 4.79 Å². The quantitative estimate of drug-likeness (QED) is 0.339. The Balaban J connectivity index is 1.16. The van der Waals surface area contributed by atoms with Gasteiger partial charge >= 0.3 is 5.51 Å². The molecule has 2 saturated heterocycles. The van der Waals surface area contributed by atoms with Gasteiger partial charge in [0.05, 0.1) is 0 Å². The van der Waals surface area contributed by atoms with E-state index in [9.17, 15) is 18.0 Å². The van der Waals surface area contributed by atoms with Crippen molar-refractivity contribution in [1.29, 1.82) is 0 Å². The van der Waals surface area contributed by atoms with E-state index < -0.39 is 5.51 Å². The zero-order chi connectivity index (χ0) is 25.5. The van der Waals surface area contributed by atoms with Crippen LogP contribution in [0.1, 0.15) is 56.1 Å². The molecule has 0 N–H and O–H groups in total. The van der Waals surface area contributed by atoms with Gasteiger partial charge in [0.2, 0.25) is 5.91 Å². The Hall–Kier alpha value is -2.15. The van der Waals surface area contributed by atoms with E-state index in [2.05, 4.69) is 36.1 Å². The molecule has 0 radical (unpaired) electrons. The summed E-state index contributed by atoms with van der Waals surface area (Å²) in [5.74, 6) is 1.33. The molecule has 2 heterocycles. The fraction of sp³-hybridized carbons (Fsp3) is 0.552. The van der Waals surface area contributed by atoms with Crippen molar-refractivity contribution in [3.05, 3.63) is 59.7 Å². The molecular formula is C29H37F3N2OS. The van der Waals surface area contributed by atoms with Crippen LogP contribution in [0, 0.1) is 18.8 Å². The predicted octanol–water partition coefficient (Wildman–Crippen LogP) is 7.47. The van der Waals surface area contributed by atoms with Crippen LogP contribution in [-0.2, 0) is 11.2 Å². The number of carbonyl (C=O) groups is 1. The first-order valence-electron chi connectivity index (χ1n) is 13.2. The minimum atomic E-state index is -4.26. The van der Waals surface area contributed by atoms with Crippen molar-refractivity contribution in [2.75, 3.05) is 31.1 Å². The number of likely N-dealkylation sites (tertiary alicyclic amines) is 1. The number of carbonyl (C=O) groups excluding carboxylic acids is 1. The standard InChI is InChI=1S/C29H37F3N2OS/c1-22-7-11-26(12-8-22)33-18-15-23(16-19-33)4-2-6-28(35)34-17-3-5-25(21-34)20-24-9-13-27(14-10-24)36-29(30,31)32/h7-14,23,25H,2-6,15-21H2,1H3/t25-/m1/s1. The van der Waals surface area contributed by atoms with E-state index in [-0.39, 0.29) is 22.6 Å². The summed E-state index contributed by atoms with van der Waals surface area (Å²) in [4.78, 5) is 17.6. The summed E-state index contributed by atoms with van der Waals surface area (Å²) in [6, 6.07) is 15.4. The zero-order valence-electron chi connectivity index (χ0n) is 21.1. The van der Waals surface area contributed by atoms with Crippen molar-refractivity contribution in [3.63, 3.8) is 0 Å². The van der Waals surface area contributed by atoms with Crippen LogP contribution in [-0.4, -0.2) is 42.5 Å². The van der Waals surface area contributed by atoms with Gasteiger partial charge in [-0.15, -0.1) is 0 Å². The third-order valence-corrected chi connectivity index (χ3v) is 8.31. The van der Waals surface area contributed by atoms with Crippen LogP contribution in [0.15, 0.2) is 53.4 Å². The number of hydrogen-bond acceptors (Lipinski definition) is 3. The van der Waals surface area contributed by atoms with Gasteiger partial charge in [0.25, 0.3) is 0 Å². The second-order valence-corrected chi connectivity index (χ2v) is 11.5. The molecule has 0 spiro atoms. The fourth-order valence-electron chi connectivity index (χ4n) is 5.55. The Bertz CT molecular complexity index is 970. The highest BCUT2D eigenvalue weighted by Crippen LogP contribution is 2.37. The number of anilines is 1. The highest BCUT2D eigenvalue weighted by molar-refractivity contribution is 8.00. The first kappa shape index (κ1) is 26.9. The topological polar surface area (TPSA) is 23.6 Å². The number of aryl methyl sites for hydroxylation is 1. The Kier molecular flexibility index (Phi) is 9.26. The smallest absolute Gasteiger partial charge is 0.372 e. The van der Waals surface area contributed by atoms with Crippen LogP contribution in [0.4, 0.5) is 18.9 Å². The van der Waals surface area contributed by atoms with Gasteiger partial charge in [0.1, 0.15) is 0 Å². The monoisotopic (exact) mass is 518 g/mol. The summed E-state index contributed by atoms with van der Waals surface area (Å²) in [5.41, 5.74) is -0.622. The van der Waals surface area contributed by atoms with Gasteiger partial charge in [-0.2, -0.15) is 13.2 Å². The van der Waals surface area contributed by atoms with Crippen LogP contribution < -0.4 is 4.90 Å². The average molecular weight is 519 g/mol. The molecule has 2 aromatic carbocycles. The van der Waals surface area contributed by atoms with Gasteiger partial charge in [-0.1, -0.05) is 29.8 Å². The van der Waals surface area contributed by atoms with E-state index in [0.29, 0.717) is 18.3 Å². The number of piperidine rings is 2. The lowest BCUT2D eigenvalue weighted by molar-refractivity contribution is -0.133. The Morgan fingerprint density at radius 1 is 0.944 bits per heavy atom. The van der Waals surface area contributed by atoms with Crippen molar-refractivity contribution in [2.45, 2.75) is 68.7 Å². The van der Waals surface area contributed by atoms with Gasteiger partial charge < -0.3 is 9.80 Å². The first-order valence-corrected chi connectivity index (χ1v) is 14.0. The number of thioether (sulfide) groups is 1. The third kappa shape index (κ3) is 8.19. The molecule has 196 valence electrons. The number of hydrogen-bond donors (Lipinski definition) is 0. The highest BCUT2D eigenvalue weighted by atomic mass is 32.2. The molecule has 2 aliphatic heterocycles. The maximum atomic E-state index is 12.9. The number of benzene rings is 2. The molecule has 2 fully saturated rings. The summed E-state index contributed by atoms with van der Waals surface area (Å²) < 4.78 is 37.6. The number of nitrogens with zero attached hydrogens (tertiary/aromatic N) is 2. The fourth-order valence-corrected chi connectivity index (χ4v) is 6.09. The molecule has 3 nitrogen and oxygen atoms in total. The van der Waals surface area contributed by atoms with E-state index in [1.54, 1.807) is 24.3 Å². The number of halogens is 3. The van der Waals surface area contributed by atoms with Crippen molar-refractivity contribution < 1.29 is 18.0 Å². The number of alkyl halides is 3. The summed E-state index contributed by atoms with van der Waals surface area (Å²) in [6.07, 6.45) is 7.93. The number of rotatable bonds is 8. The van der Waals surface area contributed by atoms with Crippen LogP contribution >= 0.6 is 11.8 Å². The van der Waals surface area contributed by atoms with E-state index >= 15 is 0 Å². The SMILES string of the molecule is Cc1ccc(N2CCC(CCCC(=O)N3CCC[C@H](Cc4ccc(SC(F)(F)F)cc4)C3)CC2)cc1. The van der Waals surface area contributed by atoms with Crippen molar-refractivity contribution in [3.8, 4) is 0 Å². The molecule has 2 aromatic rings. The second kappa shape index (κ2) is 12.4. The summed E-state index contributed by atoms with van der Waals surface area (Å²) in [5, 5.41) is 0. The average Bonchev–Trinajstić information content (AvgIpc) is 2.85. The second-order valence-electron chi connectivity index (χ2n) is 10.4.